The van der Waals surface area contributed by atoms with Crippen molar-refractivity contribution in [3.8, 4) is 5.75 Å². The molecule has 0 aliphatic heterocycles. The van der Waals surface area contributed by atoms with E-state index in [0.29, 0.717) is 15.9 Å². The summed E-state index contributed by atoms with van der Waals surface area (Å²) in [6, 6.07) is 17.8. The second-order valence-electron chi connectivity index (χ2n) is 10.7. The maximum absolute atomic E-state index is 14.0. The highest BCUT2D eigenvalue weighted by molar-refractivity contribution is 9.10. The molecule has 3 aromatic rings. The van der Waals surface area contributed by atoms with E-state index < -0.39 is 34.1 Å². The molecule has 0 saturated heterocycles. The third kappa shape index (κ3) is 8.56. The Hall–Kier alpha value is -2.89. The number of methoxy groups -OCH3 is 1. The first-order valence-electron chi connectivity index (χ1n) is 12.9. The SMILES string of the molecule is COc1ccc(S(=O)(=O)N(CC(=O)N(Cc2ccc(Br)cc2)[C@H](C)C(=O)NC(C)(C)C)c2ccc(C)cc2)cc1Br. The predicted molar refractivity (Wildman–Crippen MR) is 168 cm³/mol. The number of ether oxygens (including phenoxy) is 1. The first-order chi connectivity index (χ1) is 19.1. The molecule has 0 aliphatic rings. The Bertz CT molecular complexity index is 1490. The molecular formula is C30H35Br2N3O5S. The number of carbonyl (C=O) groups excluding carboxylic acids is 2. The van der Waals surface area contributed by atoms with Crippen molar-refractivity contribution in [3.05, 3.63) is 86.8 Å². The Morgan fingerprint density at radius 2 is 1.59 bits per heavy atom. The minimum Gasteiger partial charge on any atom is -0.496 e. The van der Waals surface area contributed by atoms with Gasteiger partial charge in [0.05, 0.1) is 22.2 Å². The molecule has 0 bridgehead atoms. The molecule has 3 rings (SSSR count). The molecule has 0 unspecified atom stereocenters. The van der Waals surface area contributed by atoms with E-state index in [4.69, 9.17) is 4.74 Å². The summed E-state index contributed by atoms with van der Waals surface area (Å²) < 4.78 is 35.7. The summed E-state index contributed by atoms with van der Waals surface area (Å²) in [4.78, 5) is 28.6. The van der Waals surface area contributed by atoms with Gasteiger partial charge >= 0.3 is 0 Å². The van der Waals surface area contributed by atoms with E-state index in [1.165, 1.54) is 24.1 Å². The van der Waals surface area contributed by atoms with Gasteiger partial charge in [0.25, 0.3) is 10.0 Å². The van der Waals surface area contributed by atoms with Crippen molar-refractivity contribution in [1.29, 1.82) is 0 Å². The average Bonchev–Trinajstić information content (AvgIpc) is 2.90. The summed E-state index contributed by atoms with van der Waals surface area (Å²) in [5, 5.41) is 2.92. The van der Waals surface area contributed by atoms with Crippen LogP contribution in [-0.2, 0) is 26.2 Å². The van der Waals surface area contributed by atoms with Crippen LogP contribution in [0.5, 0.6) is 5.75 Å². The van der Waals surface area contributed by atoms with Gasteiger partial charge in [-0.15, -0.1) is 0 Å². The Morgan fingerprint density at radius 1 is 0.976 bits per heavy atom. The van der Waals surface area contributed by atoms with E-state index in [1.807, 2.05) is 52.0 Å². The topological polar surface area (TPSA) is 96.0 Å². The fourth-order valence-electron chi connectivity index (χ4n) is 4.02. The minimum absolute atomic E-state index is 0.0171. The molecule has 0 spiro atoms. The number of amides is 2. The van der Waals surface area contributed by atoms with Gasteiger partial charge in [0, 0.05) is 16.6 Å². The number of halogens is 2. The molecule has 1 N–H and O–H groups in total. The zero-order chi connectivity index (χ0) is 30.5. The Morgan fingerprint density at radius 3 is 2.12 bits per heavy atom. The number of rotatable bonds is 10. The summed E-state index contributed by atoms with van der Waals surface area (Å²) in [6.45, 7) is 8.71. The lowest BCUT2D eigenvalue weighted by molar-refractivity contribution is -0.140. The van der Waals surface area contributed by atoms with Crippen LogP contribution in [0.15, 0.2) is 80.6 Å². The number of nitrogens with one attached hydrogen (secondary N) is 1. The van der Waals surface area contributed by atoms with E-state index in [-0.39, 0.29) is 17.3 Å². The van der Waals surface area contributed by atoms with Crippen molar-refractivity contribution >= 4 is 59.4 Å². The van der Waals surface area contributed by atoms with E-state index in [9.17, 15) is 18.0 Å². The predicted octanol–water partition coefficient (Wildman–Crippen LogP) is 6.06. The number of sulfonamides is 1. The van der Waals surface area contributed by atoms with Crippen molar-refractivity contribution in [3.63, 3.8) is 0 Å². The van der Waals surface area contributed by atoms with Gasteiger partial charge in [-0.05, 0) is 98.6 Å². The zero-order valence-corrected chi connectivity index (χ0v) is 27.9. The van der Waals surface area contributed by atoms with Crippen LogP contribution in [0.1, 0.15) is 38.8 Å². The maximum atomic E-state index is 14.0. The molecule has 0 aromatic heterocycles. The van der Waals surface area contributed by atoms with Crippen LogP contribution in [0.25, 0.3) is 0 Å². The summed E-state index contributed by atoms with van der Waals surface area (Å²) in [5.41, 5.74) is 1.54. The van der Waals surface area contributed by atoms with Crippen LogP contribution in [0.4, 0.5) is 5.69 Å². The number of carbonyl (C=O) groups is 2. The molecular weight excluding hydrogens is 674 g/mol. The van der Waals surface area contributed by atoms with Gasteiger partial charge in [0.1, 0.15) is 18.3 Å². The van der Waals surface area contributed by atoms with Crippen LogP contribution in [0.2, 0.25) is 0 Å². The molecule has 0 aliphatic carbocycles. The third-order valence-electron chi connectivity index (χ3n) is 6.24. The molecule has 0 heterocycles. The minimum atomic E-state index is -4.20. The summed E-state index contributed by atoms with van der Waals surface area (Å²) >= 11 is 6.78. The zero-order valence-electron chi connectivity index (χ0n) is 23.9. The fourth-order valence-corrected chi connectivity index (χ4v) is 6.42. The highest BCUT2D eigenvalue weighted by Crippen LogP contribution is 2.31. The first-order valence-corrected chi connectivity index (χ1v) is 15.9. The maximum Gasteiger partial charge on any atom is 0.264 e. The van der Waals surface area contributed by atoms with Gasteiger partial charge in [0.15, 0.2) is 0 Å². The monoisotopic (exact) mass is 707 g/mol. The number of hydrogen-bond donors (Lipinski definition) is 1. The molecule has 0 fully saturated rings. The van der Waals surface area contributed by atoms with Gasteiger partial charge in [-0.25, -0.2) is 8.42 Å². The standard InChI is InChI=1S/C30H35Br2N3O5S/c1-20-7-13-24(14-8-20)35(41(38,39)25-15-16-27(40-6)26(32)17-25)19-28(36)34(18-22-9-11-23(31)12-10-22)21(2)29(37)33-30(3,4)5/h7-17,21H,18-19H2,1-6H3,(H,33,37)/t21-/m1/s1. The van der Waals surface area contributed by atoms with Gasteiger partial charge in [-0.1, -0.05) is 45.8 Å². The van der Waals surface area contributed by atoms with E-state index in [1.54, 1.807) is 37.3 Å². The number of hydrogen-bond acceptors (Lipinski definition) is 5. The Labute approximate surface area is 259 Å². The lowest BCUT2D eigenvalue weighted by Gasteiger charge is -2.33. The molecule has 220 valence electrons. The first kappa shape index (κ1) is 32.6. The summed E-state index contributed by atoms with van der Waals surface area (Å²) in [5.74, 6) is -0.394. The largest absolute Gasteiger partial charge is 0.496 e. The third-order valence-corrected chi connectivity index (χ3v) is 9.16. The number of benzene rings is 3. The number of aryl methyl sites for hydroxylation is 1. The second-order valence-corrected chi connectivity index (χ2v) is 14.3. The summed E-state index contributed by atoms with van der Waals surface area (Å²) in [6.07, 6.45) is 0. The van der Waals surface area contributed by atoms with Crippen molar-refractivity contribution in [2.75, 3.05) is 18.0 Å². The van der Waals surface area contributed by atoms with Crippen LogP contribution in [0, 0.1) is 6.92 Å². The van der Waals surface area contributed by atoms with E-state index in [0.717, 1.165) is 19.9 Å². The molecule has 8 nitrogen and oxygen atoms in total. The molecule has 0 radical (unpaired) electrons. The molecule has 11 heteroatoms. The van der Waals surface area contributed by atoms with Crippen LogP contribution in [-0.4, -0.2) is 50.4 Å². The van der Waals surface area contributed by atoms with E-state index in [2.05, 4.69) is 37.2 Å². The van der Waals surface area contributed by atoms with Gasteiger partial charge < -0.3 is 15.0 Å². The number of anilines is 1. The normalized spacial score (nSPS) is 12.4. The molecule has 41 heavy (non-hydrogen) atoms. The van der Waals surface area contributed by atoms with Gasteiger partial charge in [0.2, 0.25) is 11.8 Å². The average molecular weight is 710 g/mol. The van der Waals surface area contributed by atoms with Crippen LogP contribution in [0.3, 0.4) is 0 Å². The van der Waals surface area contributed by atoms with Crippen LogP contribution < -0.4 is 14.4 Å². The quantitative estimate of drug-likeness (QED) is 0.277. The lowest BCUT2D eigenvalue weighted by atomic mass is 10.1. The molecule has 3 aromatic carbocycles. The smallest absolute Gasteiger partial charge is 0.264 e. The lowest BCUT2D eigenvalue weighted by Crippen LogP contribution is -2.54. The second kappa shape index (κ2) is 13.4. The van der Waals surface area contributed by atoms with Gasteiger partial charge in [-0.3, -0.25) is 13.9 Å². The summed E-state index contributed by atoms with van der Waals surface area (Å²) in [7, 11) is -2.71. The fraction of sp³-hybridized carbons (Fsp3) is 0.333. The Balaban J connectivity index is 2.05. The van der Waals surface area contributed by atoms with Crippen LogP contribution >= 0.6 is 31.9 Å². The van der Waals surface area contributed by atoms with Crippen molar-refractivity contribution in [2.24, 2.45) is 0 Å². The highest BCUT2D eigenvalue weighted by Gasteiger charge is 2.33. The van der Waals surface area contributed by atoms with Crippen molar-refractivity contribution in [1.82, 2.24) is 10.2 Å². The Kier molecular flexibility index (Phi) is 10.7. The van der Waals surface area contributed by atoms with Crippen molar-refractivity contribution in [2.45, 2.75) is 57.6 Å². The van der Waals surface area contributed by atoms with Crippen molar-refractivity contribution < 1.29 is 22.7 Å². The molecule has 0 saturated carbocycles. The molecule has 1 atom stereocenters. The number of nitrogens with zero attached hydrogens (tertiary/aromatic N) is 2. The van der Waals surface area contributed by atoms with E-state index >= 15 is 0 Å². The molecule has 2 amide bonds. The highest BCUT2D eigenvalue weighted by atomic mass is 79.9. The van der Waals surface area contributed by atoms with Gasteiger partial charge in [-0.2, -0.15) is 0 Å².